The van der Waals surface area contributed by atoms with Crippen LogP contribution in [0.1, 0.15) is 0 Å². The van der Waals surface area contributed by atoms with Crippen LogP contribution >= 0.6 is 0 Å². The van der Waals surface area contributed by atoms with Gasteiger partial charge in [0.2, 0.25) is 0 Å². The van der Waals surface area contributed by atoms with E-state index in [1.54, 1.807) is 0 Å². The Kier molecular flexibility index (Phi) is 5.67. The molecule has 0 amide bonds. The molecule has 0 N–H and O–H groups in total. The molecule has 0 saturated heterocycles. The smallest absolute Gasteiger partial charge is 0.182 e. The van der Waals surface area contributed by atoms with Gasteiger partial charge in [0, 0.05) is 33.5 Å². The molecule has 0 spiro atoms. The Hall–Kier alpha value is -6.34. The molecule has 4 aromatic heterocycles. The van der Waals surface area contributed by atoms with Crippen LogP contribution in [-0.2, 0) is 0 Å². The number of fused-ring (bicyclic) bond motifs is 5. The first kappa shape index (κ1) is 25.2. The molecule has 0 unspecified atom stereocenters. The topological polar surface area (TPSA) is 65.8 Å². The second-order valence-corrected chi connectivity index (χ2v) is 10.9. The van der Waals surface area contributed by atoms with Gasteiger partial charge >= 0.3 is 0 Å². The average Bonchev–Trinajstić information content (AvgIpc) is 3.83. The normalized spacial score (nSPS) is 11.6. The van der Waals surface area contributed by atoms with Crippen molar-refractivity contribution in [1.82, 2.24) is 33.9 Å². The van der Waals surface area contributed by atoms with Gasteiger partial charge < -0.3 is 4.57 Å². The van der Waals surface area contributed by atoms with Crippen LogP contribution in [0, 0.1) is 0 Å². The number of hydrogen-bond acceptors (Lipinski definition) is 4. The monoisotopic (exact) mass is 579 g/mol. The first-order valence-electron chi connectivity index (χ1n) is 14.8. The number of pyridine rings is 1. The highest BCUT2D eigenvalue weighted by molar-refractivity contribution is 6.08. The van der Waals surface area contributed by atoms with E-state index >= 15 is 0 Å². The van der Waals surface area contributed by atoms with Gasteiger partial charge in [0.15, 0.2) is 23.1 Å². The van der Waals surface area contributed by atoms with E-state index in [2.05, 4.69) is 122 Å². The van der Waals surface area contributed by atoms with E-state index in [-0.39, 0.29) is 0 Å². The molecule has 0 radical (unpaired) electrons. The van der Waals surface area contributed by atoms with Crippen molar-refractivity contribution in [3.8, 4) is 45.5 Å². The zero-order valence-corrected chi connectivity index (χ0v) is 24.1. The van der Waals surface area contributed by atoms with Gasteiger partial charge in [0.1, 0.15) is 5.52 Å². The summed E-state index contributed by atoms with van der Waals surface area (Å²) in [6, 6.07) is 51.7. The quantitative estimate of drug-likeness (QED) is 0.205. The number of aromatic nitrogens is 7. The fraction of sp³-hybridized carbons (Fsp3) is 0. The lowest BCUT2D eigenvalue weighted by molar-refractivity contribution is 1.01. The van der Waals surface area contributed by atoms with Gasteiger partial charge in [-0.3, -0.25) is 4.57 Å². The first-order valence-corrected chi connectivity index (χ1v) is 14.8. The number of nitrogens with zero attached hydrogens (tertiary/aromatic N) is 7. The highest BCUT2D eigenvalue weighted by Crippen LogP contribution is 2.34. The van der Waals surface area contributed by atoms with Crippen molar-refractivity contribution < 1.29 is 0 Å². The van der Waals surface area contributed by atoms with Crippen molar-refractivity contribution in [2.24, 2.45) is 0 Å². The minimum atomic E-state index is 0.667. The number of benzene rings is 5. The number of hydrogen-bond donors (Lipinski definition) is 0. The van der Waals surface area contributed by atoms with E-state index in [1.807, 2.05) is 53.0 Å². The van der Waals surface area contributed by atoms with Crippen molar-refractivity contribution in [2.75, 3.05) is 0 Å². The Bertz CT molecular complexity index is 2460. The molecular formula is C38H25N7. The summed E-state index contributed by atoms with van der Waals surface area (Å²) in [4.78, 5) is 4.94. The van der Waals surface area contributed by atoms with Gasteiger partial charge in [-0.15, -0.1) is 15.3 Å². The lowest BCUT2D eigenvalue weighted by Crippen LogP contribution is -2.00. The molecule has 0 aliphatic carbocycles. The third-order valence-corrected chi connectivity index (χ3v) is 8.24. The number of rotatable bonds is 5. The highest BCUT2D eigenvalue weighted by Gasteiger charge is 2.19. The van der Waals surface area contributed by atoms with Crippen molar-refractivity contribution >= 4 is 27.6 Å². The van der Waals surface area contributed by atoms with Crippen LogP contribution in [0.3, 0.4) is 0 Å². The lowest BCUT2D eigenvalue weighted by Gasteiger charge is -2.11. The molecule has 0 aliphatic rings. The predicted molar refractivity (Wildman–Crippen MR) is 179 cm³/mol. The minimum Gasteiger partial charge on any atom is -0.308 e. The van der Waals surface area contributed by atoms with Gasteiger partial charge in [0.25, 0.3) is 0 Å². The van der Waals surface area contributed by atoms with E-state index in [0.717, 1.165) is 67.3 Å². The van der Waals surface area contributed by atoms with E-state index in [4.69, 9.17) is 10.1 Å². The third kappa shape index (κ3) is 4.06. The van der Waals surface area contributed by atoms with E-state index in [0.29, 0.717) is 5.82 Å². The van der Waals surface area contributed by atoms with Gasteiger partial charge in [0.05, 0.1) is 11.0 Å². The Balaban J connectivity index is 1.16. The second-order valence-electron chi connectivity index (χ2n) is 10.9. The zero-order valence-electron chi connectivity index (χ0n) is 24.1. The van der Waals surface area contributed by atoms with Gasteiger partial charge in [-0.2, -0.15) is 0 Å². The minimum absolute atomic E-state index is 0.667. The maximum Gasteiger partial charge on any atom is 0.182 e. The SMILES string of the molecule is c1ccc(-c2nnc(-c3ccc(-c4nc5ccc6c(c7ccccc7n6-c6ccccc6)n5n4)cc3)n2-c2ccccc2)cc1. The summed E-state index contributed by atoms with van der Waals surface area (Å²) >= 11 is 0. The summed E-state index contributed by atoms with van der Waals surface area (Å²) in [7, 11) is 0. The van der Waals surface area contributed by atoms with Crippen molar-refractivity contribution in [3.05, 3.63) is 152 Å². The van der Waals surface area contributed by atoms with Crippen molar-refractivity contribution in [3.63, 3.8) is 0 Å². The van der Waals surface area contributed by atoms with Crippen LogP contribution in [0.15, 0.2) is 152 Å². The summed E-state index contributed by atoms with van der Waals surface area (Å²) in [6.45, 7) is 0. The summed E-state index contributed by atoms with van der Waals surface area (Å²) in [5, 5.41) is 15.4. The second kappa shape index (κ2) is 10.1. The average molecular weight is 580 g/mol. The van der Waals surface area contributed by atoms with Crippen molar-refractivity contribution in [2.45, 2.75) is 0 Å². The summed E-state index contributed by atoms with van der Waals surface area (Å²) in [5.74, 6) is 2.23. The molecule has 0 bridgehead atoms. The molecule has 0 fully saturated rings. The van der Waals surface area contributed by atoms with Crippen LogP contribution in [0.2, 0.25) is 0 Å². The Morgan fingerprint density at radius 1 is 0.422 bits per heavy atom. The summed E-state index contributed by atoms with van der Waals surface area (Å²) < 4.78 is 6.36. The molecule has 0 saturated carbocycles. The maximum atomic E-state index is 5.04. The molecule has 7 heteroatoms. The molecule has 9 rings (SSSR count). The predicted octanol–water partition coefficient (Wildman–Crippen LogP) is 8.41. The number of para-hydroxylation sites is 3. The van der Waals surface area contributed by atoms with Crippen LogP contribution < -0.4 is 0 Å². The molecule has 0 atom stereocenters. The molecule has 0 aliphatic heterocycles. The summed E-state index contributed by atoms with van der Waals surface area (Å²) in [5.41, 5.74) is 9.04. The van der Waals surface area contributed by atoms with Crippen LogP contribution in [0.25, 0.3) is 73.1 Å². The van der Waals surface area contributed by atoms with Crippen LogP contribution in [0.5, 0.6) is 0 Å². The largest absolute Gasteiger partial charge is 0.308 e. The molecule has 45 heavy (non-hydrogen) atoms. The lowest BCUT2D eigenvalue weighted by atomic mass is 10.1. The molecule has 212 valence electrons. The van der Waals surface area contributed by atoms with Gasteiger partial charge in [-0.25, -0.2) is 9.50 Å². The molecule has 7 nitrogen and oxygen atoms in total. The van der Waals surface area contributed by atoms with Crippen LogP contribution in [-0.4, -0.2) is 33.9 Å². The summed E-state index contributed by atoms with van der Waals surface area (Å²) in [6.07, 6.45) is 0. The fourth-order valence-electron chi connectivity index (χ4n) is 6.18. The van der Waals surface area contributed by atoms with E-state index < -0.39 is 0 Å². The Labute approximate surface area is 258 Å². The van der Waals surface area contributed by atoms with E-state index in [9.17, 15) is 0 Å². The van der Waals surface area contributed by atoms with Crippen molar-refractivity contribution in [1.29, 1.82) is 0 Å². The van der Waals surface area contributed by atoms with Gasteiger partial charge in [-0.05, 0) is 42.5 Å². The highest BCUT2D eigenvalue weighted by atomic mass is 15.3. The Morgan fingerprint density at radius 2 is 0.978 bits per heavy atom. The van der Waals surface area contributed by atoms with E-state index in [1.165, 1.54) is 0 Å². The third-order valence-electron chi connectivity index (χ3n) is 8.24. The Morgan fingerprint density at radius 3 is 1.67 bits per heavy atom. The molecule has 4 heterocycles. The molecule has 5 aromatic carbocycles. The maximum absolute atomic E-state index is 5.04. The molecule has 9 aromatic rings. The standard InChI is InChI=1S/C38H25N7/c1-4-12-27(13-5-1)37-40-41-38(44(37)30-16-8-3-9-17-30)28-22-20-26(21-23-28)36-39-34-25-24-33-35(45(34)42-36)31-18-10-11-19-32(31)43(33)29-14-6-2-7-15-29/h1-25H. The van der Waals surface area contributed by atoms with Crippen LogP contribution in [0.4, 0.5) is 0 Å². The van der Waals surface area contributed by atoms with Gasteiger partial charge in [-0.1, -0.05) is 109 Å². The first-order chi connectivity index (χ1) is 22.3. The zero-order chi connectivity index (χ0) is 29.7. The fourth-order valence-corrected chi connectivity index (χ4v) is 6.18. The molecular weight excluding hydrogens is 554 g/mol.